The Morgan fingerprint density at radius 2 is 2.00 bits per heavy atom. The Balaban J connectivity index is 3.28. The first-order chi connectivity index (χ1) is 6.99. The van der Waals surface area contributed by atoms with Gasteiger partial charge in [0.2, 0.25) is 0 Å². The van der Waals surface area contributed by atoms with Crippen LogP contribution in [0.1, 0.15) is 18.1 Å². The van der Waals surface area contributed by atoms with E-state index in [1.54, 1.807) is 19.1 Å². The molecule has 0 aromatic heterocycles. The number of alkyl halides is 3. The molecule has 1 aromatic carbocycles. The lowest BCUT2D eigenvalue weighted by Gasteiger charge is -2.08. The van der Waals surface area contributed by atoms with Crippen LogP contribution in [0.15, 0.2) is 29.3 Å². The molecule has 0 unspecified atom stereocenters. The fourth-order valence-electron chi connectivity index (χ4n) is 1.19. The van der Waals surface area contributed by atoms with Gasteiger partial charge < -0.3 is 0 Å². The number of halogens is 3. The quantitative estimate of drug-likeness (QED) is 0.656. The van der Waals surface area contributed by atoms with Gasteiger partial charge in [0.15, 0.2) is 0 Å². The highest BCUT2D eigenvalue weighted by molar-refractivity contribution is 5.66. The molecular formula is C11H10F3N. The van der Waals surface area contributed by atoms with Crippen molar-refractivity contribution in [2.75, 3.05) is 0 Å². The molecule has 0 atom stereocenters. The highest BCUT2D eigenvalue weighted by atomic mass is 19.4. The molecule has 0 bridgehead atoms. The zero-order chi connectivity index (χ0) is 11.5. The van der Waals surface area contributed by atoms with E-state index in [0.717, 1.165) is 12.1 Å². The number of aliphatic imine (C=N–C) groups is 1. The number of hydrogen-bond acceptors (Lipinski definition) is 1. The summed E-state index contributed by atoms with van der Waals surface area (Å²) in [4.78, 5) is 3.64. The average Bonchev–Trinajstić information content (AvgIpc) is 2.17. The van der Waals surface area contributed by atoms with Gasteiger partial charge in [0.25, 0.3) is 0 Å². The number of allylic oxidation sites excluding steroid dienone is 1. The van der Waals surface area contributed by atoms with Crippen LogP contribution in [-0.2, 0) is 6.18 Å². The maximum Gasteiger partial charge on any atom is 0.416 e. The highest BCUT2D eigenvalue weighted by Gasteiger charge is 2.30. The van der Waals surface area contributed by atoms with Crippen molar-refractivity contribution in [3.05, 3.63) is 35.4 Å². The molecule has 0 aliphatic carbocycles. The van der Waals surface area contributed by atoms with Crippen LogP contribution in [-0.4, -0.2) is 6.72 Å². The predicted molar refractivity (Wildman–Crippen MR) is 55.4 cm³/mol. The van der Waals surface area contributed by atoms with E-state index in [9.17, 15) is 13.2 Å². The summed E-state index contributed by atoms with van der Waals surface area (Å²) >= 11 is 0. The maximum absolute atomic E-state index is 12.4. The van der Waals surface area contributed by atoms with Crippen LogP contribution in [0, 0.1) is 0 Å². The van der Waals surface area contributed by atoms with Crippen molar-refractivity contribution in [1.29, 1.82) is 0 Å². The molecule has 80 valence electrons. The monoisotopic (exact) mass is 213 g/mol. The summed E-state index contributed by atoms with van der Waals surface area (Å²) < 4.78 is 37.1. The second-order valence-electron chi connectivity index (χ2n) is 2.93. The zero-order valence-corrected chi connectivity index (χ0v) is 8.17. The second-order valence-corrected chi connectivity index (χ2v) is 2.93. The molecule has 15 heavy (non-hydrogen) atoms. The van der Waals surface area contributed by atoms with E-state index in [1.165, 1.54) is 6.07 Å². The first kappa shape index (κ1) is 11.5. The van der Waals surface area contributed by atoms with Crippen molar-refractivity contribution in [1.82, 2.24) is 0 Å². The van der Waals surface area contributed by atoms with Crippen molar-refractivity contribution in [3.8, 4) is 0 Å². The number of rotatable bonds is 2. The second kappa shape index (κ2) is 4.29. The first-order valence-corrected chi connectivity index (χ1v) is 4.29. The number of hydrogen-bond donors (Lipinski definition) is 0. The van der Waals surface area contributed by atoms with Gasteiger partial charge >= 0.3 is 6.18 Å². The number of benzene rings is 1. The minimum atomic E-state index is -4.32. The maximum atomic E-state index is 12.4. The van der Waals surface area contributed by atoms with Gasteiger partial charge in [-0.3, -0.25) is 4.99 Å². The highest BCUT2D eigenvalue weighted by Crippen LogP contribution is 2.32. The SMILES string of the molecule is C=Nc1ccc(C(F)(F)F)cc1/C=C\C. The summed E-state index contributed by atoms with van der Waals surface area (Å²) in [5.74, 6) is 0. The van der Waals surface area contributed by atoms with Gasteiger partial charge in [-0.15, -0.1) is 0 Å². The molecule has 0 aliphatic rings. The molecule has 0 saturated heterocycles. The average molecular weight is 213 g/mol. The summed E-state index contributed by atoms with van der Waals surface area (Å²) in [6.45, 7) is 5.03. The van der Waals surface area contributed by atoms with Crippen molar-refractivity contribution in [2.45, 2.75) is 13.1 Å². The molecule has 4 heteroatoms. The van der Waals surface area contributed by atoms with E-state index >= 15 is 0 Å². The molecule has 0 amide bonds. The Kier molecular flexibility index (Phi) is 3.29. The lowest BCUT2D eigenvalue weighted by molar-refractivity contribution is -0.137. The van der Waals surface area contributed by atoms with Crippen molar-refractivity contribution in [2.24, 2.45) is 4.99 Å². The van der Waals surface area contributed by atoms with Gasteiger partial charge in [0, 0.05) is 5.56 Å². The van der Waals surface area contributed by atoms with Gasteiger partial charge in [0.1, 0.15) is 0 Å². The van der Waals surface area contributed by atoms with E-state index in [2.05, 4.69) is 11.7 Å². The van der Waals surface area contributed by atoms with E-state index in [-0.39, 0.29) is 0 Å². The van der Waals surface area contributed by atoms with Crippen LogP contribution in [0.3, 0.4) is 0 Å². The fourth-order valence-corrected chi connectivity index (χ4v) is 1.19. The Bertz CT molecular complexity index is 391. The summed E-state index contributed by atoms with van der Waals surface area (Å²) in [6, 6.07) is 3.37. The largest absolute Gasteiger partial charge is 0.416 e. The molecule has 1 rings (SSSR count). The minimum absolute atomic E-state index is 0.419. The summed E-state index contributed by atoms with van der Waals surface area (Å²) in [5.41, 5.74) is 0.187. The molecule has 0 N–H and O–H groups in total. The Morgan fingerprint density at radius 1 is 1.33 bits per heavy atom. The van der Waals surface area contributed by atoms with Gasteiger partial charge in [-0.2, -0.15) is 13.2 Å². The third kappa shape index (κ3) is 2.68. The van der Waals surface area contributed by atoms with E-state index < -0.39 is 11.7 Å². The van der Waals surface area contributed by atoms with Crippen LogP contribution in [0.2, 0.25) is 0 Å². The van der Waals surface area contributed by atoms with E-state index in [1.807, 2.05) is 0 Å². The predicted octanol–water partition coefficient (Wildman–Crippen LogP) is 4.07. The lowest BCUT2D eigenvalue weighted by Crippen LogP contribution is -2.04. The molecular weight excluding hydrogens is 203 g/mol. The van der Waals surface area contributed by atoms with Crippen molar-refractivity contribution >= 4 is 18.5 Å². The van der Waals surface area contributed by atoms with Crippen LogP contribution in [0.4, 0.5) is 18.9 Å². The molecule has 0 radical (unpaired) electrons. The van der Waals surface area contributed by atoms with Gasteiger partial charge in [-0.05, 0) is 31.8 Å². The molecule has 0 fully saturated rings. The Hall–Kier alpha value is -1.58. The molecule has 0 saturated carbocycles. The summed E-state index contributed by atoms with van der Waals surface area (Å²) in [5, 5.41) is 0. The molecule has 0 aliphatic heterocycles. The third-order valence-corrected chi connectivity index (χ3v) is 1.87. The minimum Gasteiger partial charge on any atom is -0.264 e. The summed E-state index contributed by atoms with van der Waals surface area (Å²) in [6.07, 6.45) is -1.10. The van der Waals surface area contributed by atoms with E-state index in [4.69, 9.17) is 0 Å². The lowest BCUT2D eigenvalue weighted by atomic mass is 10.1. The fraction of sp³-hybridized carbons (Fsp3) is 0.182. The van der Waals surface area contributed by atoms with E-state index in [0.29, 0.717) is 11.3 Å². The molecule has 0 spiro atoms. The Labute approximate surface area is 86.0 Å². The Morgan fingerprint density at radius 3 is 2.47 bits per heavy atom. The van der Waals surface area contributed by atoms with Crippen molar-refractivity contribution in [3.63, 3.8) is 0 Å². The molecule has 1 aromatic rings. The molecule has 1 nitrogen and oxygen atoms in total. The van der Waals surface area contributed by atoms with Gasteiger partial charge in [-0.1, -0.05) is 12.2 Å². The van der Waals surface area contributed by atoms with Crippen LogP contribution in [0.5, 0.6) is 0 Å². The number of nitrogens with zero attached hydrogens (tertiary/aromatic N) is 1. The van der Waals surface area contributed by atoms with Crippen molar-refractivity contribution < 1.29 is 13.2 Å². The third-order valence-electron chi connectivity index (χ3n) is 1.87. The molecule has 0 heterocycles. The van der Waals surface area contributed by atoms with Crippen LogP contribution >= 0.6 is 0 Å². The summed E-state index contributed by atoms with van der Waals surface area (Å²) in [7, 11) is 0. The smallest absolute Gasteiger partial charge is 0.264 e. The normalized spacial score (nSPS) is 12.0. The first-order valence-electron chi connectivity index (χ1n) is 4.29. The van der Waals surface area contributed by atoms with Gasteiger partial charge in [0.05, 0.1) is 11.3 Å². The zero-order valence-electron chi connectivity index (χ0n) is 8.17. The van der Waals surface area contributed by atoms with Crippen LogP contribution in [0.25, 0.3) is 6.08 Å². The standard InChI is InChI=1S/C11H10F3N/c1-3-4-8-7-9(11(12,13)14)5-6-10(8)15-2/h3-7H,2H2,1H3/b4-3-. The van der Waals surface area contributed by atoms with Gasteiger partial charge in [-0.25, -0.2) is 0 Å². The topological polar surface area (TPSA) is 12.4 Å². The van der Waals surface area contributed by atoms with Crippen LogP contribution < -0.4 is 0 Å².